The average molecular weight is 432 g/mol. The van der Waals surface area contributed by atoms with Crippen LogP contribution in [-0.2, 0) is 9.59 Å². The molecule has 2 amide bonds. The number of halogens is 1. The van der Waals surface area contributed by atoms with Crippen molar-refractivity contribution in [2.24, 2.45) is 4.99 Å². The molecule has 0 saturated carbocycles. The van der Waals surface area contributed by atoms with Gasteiger partial charge in [-0.2, -0.15) is 0 Å². The summed E-state index contributed by atoms with van der Waals surface area (Å²) in [4.78, 5) is 32.2. The molecule has 6 heteroatoms. The van der Waals surface area contributed by atoms with Crippen LogP contribution >= 0.6 is 11.6 Å². The van der Waals surface area contributed by atoms with Gasteiger partial charge in [0.2, 0.25) is 5.91 Å². The first-order valence-electron chi connectivity index (χ1n) is 10.0. The lowest BCUT2D eigenvalue weighted by Gasteiger charge is -2.24. The molecule has 0 aromatic heterocycles. The van der Waals surface area contributed by atoms with Gasteiger partial charge >= 0.3 is 0 Å². The molecule has 0 aliphatic carbocycles. The summed E-state index contributed by atoms with van der Waals surface area (Å²) in [5.74, 6) is -0.526. The fourth-order valence-electron chi connectivity index (χ4n) is 3.57. The molecule has 0 unspecified atom stereocenters. The zero-order valence-electron chi connectivity index (χ0n) is 17.3. The van der Waals surface area contributed by atoms with Gasteiger partial charge in [0.05, 0.1) is 11.4 Å². The molecule has 1 N–H and O–H groups in total. The Morgan fingerprint density at radius 1 is 1.06 bits per heavy atom. The number of benzene rings is 3. The first-order chi connectivity index (χ1) is 14.9. The number of anilines is 2. The third-order valence-electron chi connectivity index (χ3n) is 5.13. The van der Waals surface area contributed by atoms with Crippen LogP contribution in [0.25, 0.3) is 0 Å². The van der Waals surface area contributed by atoms with Crippen molar-refractivity contribution in [3.8, 4) is 0 Å². The highest BCUT2D eigenvalue weighted by Gasteiger charge is 2.31. The largest absolute Gasteiger partial charge is 0.325 e. The minimum absolute atomic E-state index is 0.122. The van der Waals surface area contributed by atoms with Gasteiger partial charge in [0.25, 0.3) is 5.91 Å². The van der Waals surface area contributed by atoms with Crippen LogP contribution < -0.4 is 10.2 Å². The van der Waals surface area contributed by atoms with E-state index in [4.69, 9.17) is 16.6 Å². The van der Waals surface area contributed by atoms with E-state index in [-0.39, 0.29) is 18.4 Å². The predicted octanol–water partition coefficient (Wildman–Crippen LogP) is 4.86. The first kappa shape index (κ1) is 20.8. The van der Waals surface area contributed by atoms with Crippen molar-refractivity contribution in [3.63, 3.8) is 0 Å². The zero-order valence-corrected chi connectivity index (χ0v) is 18.1. The maximum atomic E-state index is 13.2. The van der Waals surface area contributed by atoms with E-state index in [1.165, 1.54) is 4.90 Å². The topological polar surface area (TPSA) is 61.8 Å². The number of fused-ring (bicyclic) bond motifs is 1. The smallest absolute Gasteiger partial charge is 0.252 e. The summed E-state index contributed by atoms with van der Waals surface area (Å²) in [5.41, 5.74) is 4.69. The maximum absolute atomic E-state index is 13.2. The quantitative estimate of drug-likeness (QED) is 0.641. The van der Waals surface area contributed by atoms with E-state index >= 15 is 0 Å². The molecule has 1 heterocycles. The van der Waals surface area contributed by atoms with Crippen LogP contribution in [0.2, 0.25) is 5.02 Å². The lowest BCUT2D eigenvalue weighted by molar-refractivity contribution is -0.122. The highest BCUT2D eigenvalue weighted by molar-refractivity contribution is 6.32. The third kappa shape index (κ3) is 4.52. The highest BCUT2D eigenvalue weighted by Crippen LogP contribution is 2.31. The summed E-state index contributed by atoms with van der Waals surface area (Å²) in [5, 5.41) is 3.40. The summed E-state index contributed by atoms with van der Waals surface area (Å²) in [6, 6.07) is 21.8. The van der Waals surface area contributed by atoms with Crippen LogP contribution in [0.5, 0.6) is 0 Å². The number of aryl methyl sites for hydroxylation is 1. The second-order valence-corrected chi connectivity index (χ2v) is 7.96. The number of carbonyl (C=O) groups excluding carboxylic acids is 2. The minimum Gasteiger partial charge on any atom is -0.325 e. The Balaban J connectivity index is 1.70. The van der Waals surface area contributed by atoms with E-state index in [1.807, 2.05) is 61.5 Å². The number of hydrogen-bond donors (Lipinski definition) is 1. The molecule has 4 rings (SSSR count). The van der Waals surface area contributed by atoms with E-state index in [1.54, 1.807) is 25.1 Å². The normalized spacial score (nSPS) is 15.7. The average Bonchev–Trinajstić information content (AvgIpc) is 2.86. The fraction of sp³-hybridized carbons (Fsp3) is 0.160. The highest BCUT2D eigenvalue weighted by atomic mass is 35.5. The van der Waals surface area contributed by atoms with E-state index in [0.29, 0.717) is 22.1 Å². The molecule has 1 aliphatic heterocycles. The van der Waals surface area contributed by atoms with Gasteiger partial charge in [-0.15, -0.1) is 0 Å². The van der Waals surface area contributed by atoms with Crippen LogP contribution in [0.3, 0.4) is 0 Å². The van der Waals surface area contributed by atoms with E-state index in [0.717, 1.165) is 16.7 Å². The standard InChI is InChI=1S/C25H22ClN3O2/c1-16-8-11-20(12-9-16)28-23(30)15-29-22-13-10-19(26)14-21(22)24(27-17(2)25(29)31)18-6-4-3-5-7-18/h3-14,17H,15H2,1-2H3,(H,28,30)/t17-/m0/s1. The summed E-state index contributed by atoms with van der Waals surface area (Å²) in [7, 11) is 0. The number of aliphatic imine (C=N–C) groups is 1. The van der Waals surface area contributed by atoms with Crippen molar-refractivity contribution in [1.29, 1.82) is 0 Å². The Labute approximate surface area is 186 Å². The molecule has 0 fully saturated rings. The van der Waals surface area contributed by atoms with Gasteiger partial charge < -0.3 is 10.2 Å². The molecule has 156 valence electrons. The molecule has 0 saturated heterocycles. The van der Waals surface area contributed by atoms with Crippen molar-refractivity contribution in [3.05, 3.63) is 94.5 Å². The zero-order chi connectivity index (χ0) is 22.0. The van der Waals surface area contributed by atoms with Crippen molar-refractivity contribution < 1.29 is 9.59 Å². The minimum atomic E-state index is -0.645. The Morgan fingerprint density at radius 2 is 1.77 bits per heavy atom. The number of nitrogens with one attached hydrogen (secondary N) is 1. The Morgan fingerprint density at radius 3 is 2.48 bits per heavy atom. The second kappa shape index (κ2) is 8.74. The van der Waals surface area contributed by atoms with E-state index in [9.17, 15) is 9.59 Å². The lowest BCUT2D eigenvalue weighted by Crippen LogP contribution is -2.42. The third-order valence-corrected chi connectivity index (χ3v) is 5.37. The van der Waals surface area contributed by atoms with Crippen LogP contribution in [0.15, 0.2) is 77.8 Å². The fourth-order valence-corrected chi connectivity index (χ4v) is 3.74. The molecule has 3 aromatic rings. The van der Waals surface area contributed by atoms with Crippen molar-refractivity contribution in [1.82, 2.24) is 0 Å². The molecule has 0 radical (unpaired) electrons. The van der Waals surface area contributed by atoms with Gasteiger partial charge in [0.1, 0.15) is 12.6 Å². The molecule has 1 atom stereocenters. The van der Waals surface area contributed by atoms with Gasteiger partial charge in [-0.1, -0.05) is 59.6 Å². The number of hydrogen-bond acceptors (Lipinski definition) is 3. The van der Waals surface area contributed by atoms with Crippen molar-refractivity contribution >= 4 is 40.5 Å². The summed E-state index contributed by atoms with van der Waals surface area (Å²) >= 11 is 6.29. The molecular formula is C25H22ClN3O2. The van der Waals surface area contributed by atoms with Crippen LogP contribution in [-0.4, -0.2) is 30.1 Å². The number of rotatable bonds is 4. The monoisotopic (exact) mass is 431 g/mol. The SMILES string of the molecule is Cc1ccc(NC(=O)CN2C(=O)[C@H](C)N=C(c3ccccc3)c3cc(Cl)ccc32)cc1. The number of nitrogens with zero attached hydrogens (tertiary/aromatic N) is 2. The van der Waals surface area contributed by atoms with Gasteiger partial charge in [-0.05, 0) is 44.2 Å². The van der Waals surface area contributed by atoms with Crippen LogP contribution in [0.4, 0.5) is 11.4 Å². The number of amides is 2. The van der Waals surface area contributed by atoms with Crippen LogP contribution in [0.1, 0.15) is 23.6 Å². The first-order valence-corrected chi connectivity index (χ1v) is 10.4. The molecule has 31 heavy (non-hydrogen) atoms. The van der Waals surface area contributed by atoms with Gasteiger partial charge in [-0.25, -0.2) is 0 Å². The summed E-state index contributed by atoms with van der Waals surface area (Å²) in [6.07, 6.45) is 0. The summed E-state index contributed by atoms with van der Waals surface area (Å²) in [6.45, 7) is 3.60. The van der Waals surface area contributed by atoms with Gasteiger partial charge in [0, 0.05) is 21.8 Å². The summed E-state index contributed by atoms with van der Waals surface area (Å²) < 4.78 is 0. The molecule has 0 spiro atoms. The van der Waals surface area contributed by atoms with Crippen molar-refractivity contribution in [2.75, 3.05) is 16.8 Å². The molecule has 0 bridgehead atoms. The number of carbonyl (C=O) groups is 2. The predicted molar refractivity (Wildman–Crippen MR) is 125 cm³/mol. The number of benzodiazepines with no additional fused rings is 1. The van der Waals surface area contributed by atoms with Gasteiger partial charge in [0.15, 0.2) is 0 Å². The second-order valence-electron chi connectivity index (χ2n) is 7.52. The van der Waals surface area contributed by atoms with E-state index < -0.39 is 6.04 Å². The van der Waals surface area contributed by atoms with Crippen molar-refractivity contribution in [2.45, 2.75) is 19.9 Å². The Kier molecular flexibility index (Phi) is 5.87. The Hall–Kier alpha value is -3.44. The molecule has 5 nitrogen and oxygen atoms in total. The molecular weight excluding hydrogens is 410 g/mol. The van der Waals surface area contributed by atoms with Gasteiger partial charge in [-0.3, -0.25) is 14.6 Å². The Bertz CT molecular complexity index is 1160. The molecule has 3 aromatic carbocycles. The maximum Gasteiger partial charge on any atom is 0.252 e. The van der Waals surface area contributed by atoms with E-state index in [2.05, 4.69) is 5.32 Å². The van der Waals surface area contributed by atoms with Crippen LogP contribution in [0, 0.1) is 6.92 Å². The molecule has 1 aliphatic rings. The lowest BCUT2D eigenvalue weighted by atomic mass is 10.00.